The molecule has 1 atom stereocenters. The van der Waals surface area contributed by atoms with E-state index in [1.54, 1.807) is 34.0 Å². The van der Waals surface area contributed by atoms with Crippen molar-refractivity contribution in [3.63, 3.8) is 0 Å². The first kappa shape index (κ1) is 14.1. The summed E-state index contributed by atoms with van der Waals surface area (Å²) in [4.78, 5) is 1.24. The lowest BCUT2D eigenvalue weighted by atomic mass is 10.2. The zero-order chi connectivity index (χ0) is 13.9. The molecule has 0 amide bonds. The second kappa shape index (κ2) is 6.30. The first-order chi connectivity index (χ1) is 9.81. The minimum absolute atomic E-state index is 0.335. The van der Waals surface area contributed by atoms with Gasteiger partial charge in [0.05, 0.1) is 10.9 Å². The number of aromatic nitrogens is 2. The van der Waals surface area contributed by atoms with Crippen molar-refractivity contribution in [3.05, 3.63) is 22.5 Å². The van der Waals surface area contributed by atoms with E-state index < -0.39 is 0 Å². The number of hydrogen-bond donors (Lipinski definition) is 1. The molecule has 20 heavy (non-hydrogen) atoms. The van der Waals surface area contributed by atoms with Gasteiger partial charge in [0, 0.05) is 9.40 Å². The summed E-state index contributed by atoms with van der Waals surface area (Å²) in [6.07, 6.45) is 2.19. The zero-order valence-corrected chi connectivity index (χ0v) is 14.0. The largest absolute Gasteiger partial charge is 0.308 e. The van der Waals surface area contributed by atoms with Gasteiger partial charge in [0.2, 0.25) is 0 Å². The molecule has 0 fully saturated rings. The average molecular weight is 324 g/mol. The molecule has 3 aromatic rings. The third kappa shape index (κ3) is 2.79. The van der Waals surface area contributed by atoms with E-state index in [-0.39, 0.29) is 0 Å². The van der Waals surface area contributed by atoms with Crippen LogP contribution < -0.4 is 5.32 Å². The summed E-state index contributed by atoms with van der Waals surface area (Å²) in [6.45, 7) is 5.40. The lowest BCUT2D eigenvalue weighted by Gasteiger charge is -2.12. The molecule has 1 N–H and O–H groups in total. The van der Waals surface area contributed by atoms with E-state index in [0.717, 1.165) is 29.4 Å². The number of nitrogens with zero attached hydrogens (tertiary/aromatic N) is 2. The van der Waals surface area contributed by atoms with Crippen molar-refractivity contribution in [1.29, 1.82) is 0 Å². The molecule has 0 saturated carbocycles. The highest BCUT2D eigenvalue weighted by Crippen LogP contribution is 2.38. The molecule has 0 spiro atoms. The molecule has 0 bridgehead atoms. The normalized spacial score (nSPS) is 13.1. The van der Waals surface area contributed by atoms with Crippen LogP contribution in [0.2, 0.25) is 0 Å². The summed E-state index contributed by atoms with van der Waals surface area (Å²) < 4.78 is 2.69. The number of thiophene rings is 2. The van der Waals surface area contributed by atoms with Crippen LogP contribution in [0.3, 0.4) is 0 Å². The molecule has 3 heterocycles. The standard InChI is InChI=1S/C14H17N3S3/c1-3-6-15-9(4-2)13-16-17-14(20-13)12-8-11-10(19-12)5-7-18-11/h5,7-9,15H,3-4,6H2,1-2H3. The Balaban J connectivity index is 1.83. The van der Waals surface area contributed by atoms with Crippen LogP contribution in [-0.2, 0) is 0 Å². The third-order valence-electron chi connectivity index (χ3n) is 3.14. The Bertz CT molecular complexity index is 654. The third-order valence-corrected chi connectivity index (χ3v) is 6.44. The average Bonchev–Trinajstić information content (AvgIpc) is 3.13. The van der Waals surface area contributed by atoms with Gasteiger partial charge in [-0.2, -0.15) is 0 Å². The van der Waals surface area contributed by atoms with Crippen LogP contribution in [0.5, 0.6) is 0 Å². The fraction of sp³-hybridized carbons (Fsp3) is 0.429. The van der Waals surface area contributed by atoms with Gasteiger partial charge >= 0.3 is 0 Å². The van der Waals surface area contributed by atoms with E-state index in [1.165, 1.54) is 14.3 Å². The van der Waals surface area contributed by atoms with E-state index in [1.807, 2.05) is 0 Å². The molecule has 0 aliphatic carbocycles. The fourth-order valence-corrected chi connectivity index (χ4v) is 5.22. The molecule has 3 nitrogen and oxygen atoms in total. The van der Waals surface area contributed by atoms with Crippen molar-refractivity contribution in [2.75, 3.05) is 6.54 Å². The predicted molar refractivity (Wildman–Crippen MR) is 89.9 cm³/mol. The predicted octanol–water partition coefficient (Wildman–Crippen LogP) is 4.93. The molecule has 3 aromatic heterocycles. The molecular formula is C14H17N3S3. The summed E-state index contributed by atoms with van der Waals surface area (Å²) in [5.74, 6) is 0. The smallest absolute Gasteiger partial charge is 0.157 e. The van der Waals surface area contributed by atoms with Crippen molar-refractivity contribution in [3.8, 4) is 9.88 Å². The molecule has 0 aliphatic heterocycles. The van der Waals surface area contributed by atoms with E-state index in [9.17, 15) is 0 Å². The van der Waals surface area contributed by atoms with Gasteiger partial charge in [0.1, 0.15) is 5.01 Å². The number of fused-ring (bicyclic) bond motifs is 1. The summed E-state index contributed by atoms with van der Waals surface area (Å²) in [5.41, 5.74) is 0. The van der Waals surface area contributed by atoms with Gasteiger partial charge in [-0.25, -0.2) is 0 Å². The van der Waals surface area contributed by atoms with Crippen LogP contribution in [-0.4, -0.2) is 16.7 Å². The Morgan fingerprint density at radius 3 is 2.85 bits per heavy atom. The van der Waals surface area contributed by atoms with Crippen molar-refractivity contribution >= 4 is 43.4 Å². The van der Waals surface area contributed by atoms with Gasteiger partial charge in [0.15, 0.2) is 5.01 Å². The van der Waals surface area contributed by atoms with Gasteiger partial charge in [-0.05, 0) is 36.9 Å². The zero-order valence-electron chi connectivity index (χ0n) is 11.5. The van der Waals surface area contributed by atoms with Crippen molar-refractivity contribution < 1.29 is 0 Å². The molecule has 0 aromatic carbocycles. The Hall–Kier alpha value is -0.820. The molecule has 106 valence electrons. The maximum Gasteiger partial charge on any atom is 0.157 e. The number of hydrogen-bond acceptors (Lipinski definition) is 6. The second-order valence-corrected chi connectivity index (χ2v) is 7.66. The Kier molecular flexibility index (Phi) is 4.45. The maximum atomic E-state index is 4.39. The fourth-order valence-electron chi connectivity index (χ4n) is 2.07. The van der Waals surface area contributed by atoms with Crippen molar-refractivity contribution in [1.82, 2.24) is 15.5 Å². The van der Waals surface area contributed by atoms with E-state index >= 15 is 0 Å². The first-order valence-corrected chi connectivity index (χ1v) is 9.37. The minimum Gasteiger partial charge on any atom is -0.308 e. The molecule has 0 radical (unpaired) electrons. The summed E-state index contributed by atoms with van der Waals surface area (Å²) in [5, 5.41) is 16.6. The van der Waals surface area contributed by atoms with Crippen LogP contribution in [0.1, 0.15) is 37.7 Å². The van der Waals surface area contributed by atoms with Gasteiger partial charge in [-0.15, -0.1) is 32.9 Å². The van der Waals surface area contributed by atoms with E-state index in [4.69, 9.17) is 0 Å². The Morgan fingerprint density at radius 1 is 1.20 bits per heavy atom. The molecule has 3 rings (SSSR count). The molecular weight excluding hydrogens is 306 g/mol. The molecule has 0 saturated heterocycles. The summed E-state index contributed by atoms with van der Waals surface area (Å²) >= 11 is 5.31. The summed E-state index contributed by atoms with van der Waals surface area (Å²) in [6, 6.07) is 4.74. The lowest BCUT2D eigenvalue weighted by molar-refractivity contribution is 0.513. The van der Waals surface area contributed by atoms with Crippen LogP contribution >= 0.6 is 34.0 Å². The highest BCUT2D eigenvalue weighted by Gasteiger charge is 2.16. The first-order valence-electron chi connectivity index (χ1n) is 6.86. The van der Waals surface area contributed by atoms with Crippen LogP contribution in [0.25, 0.3) is 19.3 Å². The Labute approximate surface area is 130 Å². The van der Waals surface area contributed by atoms with Crippen molar-refractivity contribution in [2.45, 2.75) is 32.7 Å². The highest BCUT2D eigenvalue weighted by atomic mass is 32.1. The topological polar surface area (TPSA) is 37.8 Å². The lowest BCUT2D eigenvalue weighted by Crippen LogP contribution is -2.21. The monoisotopic (exact) mass is 323 g/mol. The van der Waals surface area contributed by atoms with Crippen molar-refractivity contribution in [2.24, 2.45) is 0 Å². The number of rotatable bonds is 6. The highest BCUT2D eigenvalue weighted by molar-refractivity contribution is 7.30. The molecule has 6 heteroatoms. The van der Waals surface area contributed by atoms with Crippen LogP contribution in [0, 0.1) is 0 Å². The minimum atomic E-state index is 0.335. The molecule has 1 unspecified atom stereocenters. The SMILES string of the molecule is CCCNC(CC)c1nnc(-c2cc3sccc3s2)s1. The quantitative estimate of drug-likeness (QED) is 0.699. The van der Waals surface area contributed by atoms with E-state index in [2.05, 4.69) is 46.9 Å². The van der Waals surface area contributed by atoms with Gasteiger partial charge in [0.25, 0.3) is 0 Å². The van der Waals surface area contributed by atoms with E-state index in [0.29, 0.717) is 6.04 Å². The maximum absolute atomic E-state index is 4.39. The van der Waals surface area contributed by atoms with Crippen LogP contribution in [0.4, 0.5) is 0 Å². The van der Waals surface area contributed by atoms with Crippen LogP contribution in [0.15, 0.2) is 17.5 Å². The number of nitrogens with one attached hydrogen (secondary N) is 1. The van der Waals surface area contributed by atoms with Gasteiger partial charge in [-0.1, -0.05) is 25.2 Å². The molecule has 0 aliphatic rings. The Morgan fingerprint density at radius 2 is 2.10 bits per heavy atom. The van der Waals surface area contributed by atoms with Gasteiger partial charge in [-0.3, -0.25) is 0 Å². The van der Waals surface area contributed by atoms with Gasteiger partial charge < -0.3 is 5.32 Å². The second-order valence-electron chi connectivity index (χ2n) is 4.62. The summed E-state index contributed by atoms with van der Waals surface area (Å²) in [7, 11) is 0.